The number of carbonyl (C=O) groups excluding carboxylic acids is 1. The molecule has 2 aromatic carbocycles. The van der Waals surface area contributed by atoms with Gasteiger partial charge in [0.2, 0.25) is 0 Å². The summed E-state index contributed by atoms with van der Waals surface area (Å²) in [6.45, 7) is 0.454. The SMILES string of the molecule is O=C(NCCc1ccc(CO)cc1)c1ccccc1F. The van der Waals surface area contributed by atoms with Gasteiger partial charge in [0, 0.05) is 6.54 Å². The predicted octanol–water partition coefficient (Wildman–Crippen LogP) is 2.29. The molecule has 0 bridgehead atoms. The summed E-state index contributed by atoms with van der Waals surface area (Å²) in [5.41, 5.74) is 1.96. The number of nitrogens with one attached hydrogen (secondary N) is 1. The number of amides is 1. The Labute approximate surface area is 117 Å². The maximum absolute atomic E-state index is 13.4. The van der Waals surface area contributed by atoms with Crippen LogP contribution in [0.1, 0.15) is 21.5 Å². The van der Waals surface area contributed by atoms with Gasteiger partial charge in [0.15, 0.2) is 0 Å². The fraction of sp³-hybridized carbons (Fsp3) is 0.188. The van der Waals surface area contributed by atoms with Gasteiger partial charge in [-0.15, -0.1) is 0 Å². The van der Waals surface area contributed by atoms with Crippen molar-refractivity contribution < 1.29 is 14.3 Å². The van der Waals surface area contributed by atoms with E-state index < -0.39 is 11.7 Å². The van der Waals surface area contributed by atoms with Crippen molar-refractivity contribution in [2.75, 3.05) is 6.54 Å². The Kier molecular flexibility index (Phi) is 4.85. The molecule has 0 fully saturated rings. The second-order valence-electron chi connectivity index (χ2n) is 4.46. The van der Waals surface area contributed by atoms with E-state index in [0.29, 0.717) is 13.0 Å². The molecule has 20 heavy (non-hydrogen) atoms. The summed E-state index contributed by atoms with van der Waals surface area (Å²) in [4.78, 5) is 11.8. The van der Waals surface area contributed by atoms with Crippen molar-refractivity contribution >= 4 is 5.91 Å². The van der Waals surface area contributed by atoms with Crippen molar-refractivity contribution in [2.45, 2.75) is 13.0 Å². The second-order valence-corrected chi connectivity index (χ2v) is 4.46. The van der Waals surface area contributed by atoms with E-state index in [1.165, 1.54) is 12.1 Å². The molecule has 104 valence electrons. The number of carbonyl (C=O) groups is 1. The Morgan fingerprint density at radius 3 is 2.35 bits per heavy atom. The Balaban J connectivity index is 1.86. The molecule has 2 aromatic rings. The molecule has 0 radical (unpaired) electrons. The van der Waals surface area contributed by atoms with Crippen molar-refractivity contribution in [1.29, 1.82) is 0 Å². The average molecular weight is 273 g/mol. The maximum atomic E-state index is 13.4. The lowest BCUT2D eigenvalue weighted by Gasteiger charge is -2.06. The Morgan fingerprint density at radius 1 is 1.05 bits per heavy atom. The Hall–Kier alpha value is -2.20. The number of hydrogen-bond donors (Lipinski definition) is 2. The number of halogens is 1. The van der Waals surface area contributed by atoms with Gasteiger partial charge < -0.3 is 10.4 Å². The number of hydrogen-bond acceptors (Lipinski definition) is 2. The molecule has 0 unspecified atom stereocenters. The van der Waals surface area contributed by atoms with Crippen molar-refractivity contribution in [1.82, 2.24) is 5.32 Å². The van der Waals surface area contributed by atoms with Crippen LogP contribution in [0.5, 0.6) is 0 Å². The monoisotopic (exact) mass is 273 g/mol. The highest BCUT2D eigenvalue weighted by Crippen LogP contribution is 2.07. The highest BCUT2D eigenvalue weighted by atomic mass is 19.1. The van der Waals surface area contributed by atoms with E-state index in [9.17, 15) is 9.18 Å². The van der Waals surface area contributed by atoms with Gasteiger partial charge in [-0.25, -0.2) is 4.39 Å². The first-order valence-electron chi connectivity index (χ1n) is 6.42. The number of rotatable bonds is 5. The molecule has 0 aliphatic carbocycles. The van der Waals surface area contributed by atoms with Gasteiger partial charge in [0.1, 0.15) is 5.82 Å². The van der Waals surface area contributed by atoms with Crippen LogP contribution in [-0.4, -0.2) is 17.6 Å². The molecule has 2 rings (SSSR count). The molecule has 4 heteroatoms. The molecule has 0 aliphatic rings. The van der Waals surface area contributed by atoms with Gasteiger partial charge in [0.05, 0.1) is 12.2 Å². The maximum Gasteiger partial charge on any atom is 0.254 e. The van der Waals surface area contributed by atoms with Crippen LogP contribution in [0.2, 0.25) is 0 Å². The molecule has 0 saturated carbocycles. The van der Waals surface area contributed by atoms with E-state index >= 15 is 0 Å². The third-order valence-corrected chi connectivity index (χ3v) is 3.02. The molecule has 3 nitrogen and oxygen atoms in total. The zero-order valence-electron chi connectivity index (χ0n) is 11.0. The summed E-state index contributed by atoms with van der Waals surface area (Å²) in [7, 11) is 0. The summed E-state index contributed by atoms with van der Waals surface area (Å²) >= 11 is 0. The van der Waals surface area contributed by atoms with E-state index in [2.05, 4.69) is 5.32 Å². The largest absolute Gasteiger partial charge is 0.392 e. The first kappa shape index (κ1) is 14.2. The first-order chi connectivity index (χ1) is 9.70. The van der Waals surface area contributed by atoms with Crippen molar-refractivity contribution in [3.8, 4) is 0 Å². The van der Waals surface area contributed by atoms with Crippen LogP contribution in [0.4, 0.5) is 4.39 Å². The summed E-state index contributed by atoms with van der Waals surface area (Å²) in [5.74, 6) is -0.924. The summed E-state index contributed by atoms with van der Waals surface area (Å²) < 4.78 is 13.4. The van der Waals surface area contributed by atoms with E-state index in [1.54, 1.807) is 12.1 Å². The van der Waals surface area contributed by atoms with Crippen LogP contribution in [0.25, 0.3) is 0 Å². The minimum atomic E-state index is -0.516. The van der Waals surface area contributed by atoms with E-state index in [4.69, 9.17) is 5.11 Å². The minimum absolute atomic E-state index is 0.0182. The average Bonchev–Trinajstić information content (AvgIpc) is 2.48. The summed E-state index contributed by atoms with van der Waals surface area (Å²) in [6, 6.07) is 13.4. The van der Waals surface area contributed by atoms with Gasteiger partial charge in [-0.1, -0.05) is 36.4 Å². The molecule has 1 amide bonds. The van der Waals surface area contributed by atoms with E-state index in [0.717, 1.165) is 11.1 Å². The molecule has 2 N–H and O–H groups in total. The topological polar surface area (TPSA) is 49.3 Å². The second kappa shape index (κ2) is 6.82. The quantitative estimate of drug-likeness (QED) is 0.878. The lowest BCUT2D eigenvalue weighted by Crippen LogP contribution is -2.26. The molecule has 0 aliphatic heterocycles. The van der Waals surface area contributed by atoms with Gasteiger partial charge in [-0.05, 0) is 29.7 Å². The van der Waals surface area contributed by atoms with Gasteiger partial charge in [0.25, 0.3) is 5.91 Å². The fourth-order valence-electron chi connectivity index (χ4n) is 1.87. The van der Waals surface area contributed by atoms with Crippen molar-refractivity contribution in [2.24, 2.45) is 0 Å². The van der Waals surface area contributed by atoms with Gasteiger partial charge in [-0.2, -0.15) is 0 Å². The molecular formula is C16H16FNO2. The van der Waals surface area contributed by atoms with Crippen LogP contribution in [-0.2, 0) is 13.0 Å². The highest BCUT2D eigenvalue weighted by molar-refractivity contribution is 5.94. The van der Waals surface area contributed by atoms with Crippen LogP contribution in [0.15, 0.2) is 48.5 Å². The van der Waals surface area contributed by atoms with Crippen LogP contribution in [0.3, 0.4) is 0 Å². The normalized spacial score (nSPS) is 10.3. The van der Waals surface area contributed by atoms with Gasteiger partial charge in [-0.3, -0.25) is 4.79 Å². The standard InChI is InChI=1S/C16H16FNO2/c17-15-4-2-1-3-14(15)16(20)18-10-9-12-5-7-13(11-19)8-6-12/h1-8,19H,9-11H2,(H,18,20). The zero-order chi connectivity index (χ0) is 14.4. The Morgan fingerprint density at radius 2 is 1.70 bits per heavy atom. The van der Waals surface area contributed by atoms with E-state index in [1.807, 2.05) is 24.3 Å². The smallest absolute Gasteiger partial charge is 0.254 e. The van der Waals surface area contributed by atoms with Crippen molar-refractivity contribution in [3.63, 3.8) is 0 Å². The van der Waals surface area contributed by atoms with E-state index in [-0.39, 0.29) is 12.2 Å². The van der Waals surface area contributed by atoms with Gasteiger partial charge >= 0.3 is 0 Å². The molecular weight excluding hydrogens is 257 g/mol. The Bertz CT molecular complexity index is 581. The van der Waals surface area contributed by atoms with Crippen LogP contribution in [0, 0.1) is 5.82 Å². The number of benzene rings is 2. The van der Waals surface area contributed by atoms with Crippen molar-refractivity contribution in [3.05, 3.63) is 71.0 Å². The highest BCUT2D eigenvalue weighted by Gasteiger charge is 2.09. The third kappa shape index (κ3) is 3.65. The number of aliphatic hydroxyl groups excluding tert-OH is 1. The molecule has 0 saturated heterocycles. The predicted molar refractivity (Wildman–Crippen MR) is 74.8 cm³/mol. The lowest BCUT2D eigenvalue weighted by molar-refractivity contribution is 0.0950. The molecule has 0 atom stereocenters. The van der Waals surface area contributed by atoms with Crippen LogP contribution >= 0.6 is 0 Å². The molecule has 0 aromatic heterocycles. The number of aliphatic hydroxyl groups is 1. The third-order valence-electron chi connectivity index (χ3n) is 3.02. The summed E-state index contributed by atoms with van der Waals surface area (Å²) in [6.07, 6.45) is 0.659. The van der Waals surface area contributed by atoms with Crippen LogP contribution < -0.4 is 5.32 Å². The molecule has 0 spiro atoms. The summed E-state index contributed by atoms with van der Waals surface area (Å²) in [5, 5.41) is 11.6. The molecule has 0 heterocycles. The zero-order valence-corrected chi connectivity index (χ0v) is 11.0. The fourth-order valence-corrected chi connectivity index (χ4v) is 1.87. The lowest BCUT2D eigenvalue weighted by atomic mass is 10.1. The minimum Gasteiger partial charge on any atom is -0.392 e. The first-order valence-corrected chi connectivity index (χ1v) is 6.42.